The molecule has 2 fully saturated rings. The number of nitrogens with one attached hydrogen (secondary N) is 1. The number of benzene rings is 1. The van der Waals surface area contributed by atoms with Gasteiger partial charge in [0.25, 0.3) is 0 Å². The van der Waals surface area contributed by atoms with Crippen LogP contribution in [0.2, 0.25) is 0 Å². The van der Waals surface area contributed by atoms with Crippen LogP contribution in [0, 0.1) is 17.7 Å². The van der Waals surface area contributed by atoms with E-state index in [1.165, 1.54) is 25.5 Å². The van der Waals surface area contributed by atoms with Crippen molar-refractivity contribution < 1.29 is 18.8 Å². The van der Waals surface area contributed by atoms with Gasteiger partial charge in [-0.15, -0.1) is 0 Å². The minimum Gasteiger partial charge on any atom is -0.338 e. The molecule has 8 heteroatoms. The van der Waals surface area contributed by atoms with Crippen LogP contribution in [-0.2, 0) is 16.1 Å². The fourth-order valence-electron chi connectivity index (χ4n) is 5.83. The Morgan fingerprint density at radius 1 is 1.14 bits per heavy atom. The van der Waals surface area contributed by atoms with Crippen molar-refractivity contribution in [3.8, 4) is 0 Å². The Labute approximate surface area is 206 Å². The summed E-state index contributed by atoms with van der Waals surface area (Å²) in [6.07, 6.45) is 7.39. The van der Waals surface area contributed by atoms with Crippen molar-refractivity contribution in [2.24, 2.45) is 11.8 Å². The summed E-state index contributed by atoms with van der Waals surface area (Å²) in [5, 5.41) is 8.02. The second kappa shape index (κ2) is 11.0. The number of amides is 1. The van der Waals surface area contributed by atoms with E-state index < -0.39 is 5.82 Å². The number of ketones is 2. The third-order valence-corrected chi connectivity index (χ3v) is 7.96. The average Bonchev–Trinajstić information content (AvgIpc) is 3.46. The maximum atomic E-state index is 13.9. The Hall–Kier alpha value is -2.61. The Balaban J connectivity index is 1.58. The molecule has 2 aromatic rings. The molecule has 1 aromatic heterocycles. The van der Waals surface area contributed by atoms with Gasteiger partial charge < -0.3 is 10.2 Å². The number of fused-ring (bicyclic) bond motifs is 1. The Morgan fingerprint density at radius 3 is 2.57 bits per heavy atom. The van der Waals surface area contributed by atoms with Crippen molar-refractivity contribution in [2.75, 3.05) is 13.6 Å². The van der Waals surface area contributed by atoms with Gasteiger partial charge in [0.05, 0.1) is 24.1 Å². The fraction of sp³-hybridized carbons (Fsp3) is 0.630. The summed E-state index contributed by atoms with van der Waals surface area (Å²) in [7, 11) is 1.77. The van der Waals surface area contributed by atoms with Gasteiger partial charge >= 0.3 is 0 Å². The van der Waals surface area contributed by atoms with Gasteiger partial charge in [0.1, 0.15) is 17.3 Å². The maximum absolute atomic E-state index is 13.9. The van der Waals surface area contributed by atoms with E-state index in [0.29, 0.717) is 24.0 Å². The number of likely N-dealkylation sites (N-methyl/N-ethyl adjacent to an activating group) is 1. The normalized spacial score (nSPS) is 20.8. The average molecular weight is 485 g/mol. The van der Waals surface area contributed by atoms with E-state index >= 15 is 0 Å². The quantitative estimate of drug-likeness (QED) is 0.541. The number of aromatic nitrogens is 2. The first-order chi connectivity index (χ1) is 16.8. The highest BCUT2D eigenvalue weighted by Gasteiger charge is 2.39. The molecule has 7 nitrogen and oxygen atoms in total. The van der Waals surface area contributed by atoms with E-state index in [9.17, 15) is 18.8 Å². The van der Waals surface area contributed by atoms with Crippen molar-refractivity contribution in [3.63, 3.8) is 0 Å². The van der Waals surface area contributed by atoms with E-state index in [0.717, 1.165) is 38.5 Å². The van der Waals surface area contributed by atoms with Gasteiger partial charge in [-0.25, -0.2) is 4.39 Å². The highest BCUT2D eigenvalue weighted by molar-refractivity contribution is 6.04. The molecule has 0 spiro atoms. The maximum Gasteiger partial charge on any atom is 0.226 e. The minimum absolute atomic E-state index is 0.0709. The van der Waals surface area contributed by atoms with Gasteiger partial charge in [0.15, 0.2) is 5.78 Å². The lowest BCUT2D eigenvalue weighted by molar-refractivity contribution is -0.141. The van der Waals surface area contributed by atoms with E-state index in [1.807, 2.05) is 11.8 Å². The molecule has 1 aliphatic heterocycles. The summed E-state index contributed by atoms with van der Waals surface area (Å²) in [5.41, 5.74) is 0.944. The van der Waals surface area contributed by atoms with Gasteiger partial charge in [-0.05, 0) is 63.8 Å². The molecule has 2 aliphatic rings. The molecule has 1 N–H and O–H groups in total. The Bertz CT molecular complexity index is 1090. The smallest absolute Gasteiger partial charge is 0.226 e. The molecule has 1 saturated carbocycles. The summed E-state index contributed by atoms with van der Waals surface area (Å²) in [6, 6.07) is 4.02. The van der Waals surface area contributed by atoms with Crippen LogP contribution in [0.25, 0.3) is 10.9 Å². The molecule has 35 heavy (non-hydrogen) atoms. The van der Waals surface area contributed by atoms with Crippen LogP contribution in [-0.4, -0.2) is 57.8 Å². The second-order valence-corrected chi connectivity index (χ2v) is 10.3. The third kappa shape index (κ3) is 5.47. The summed E-state index contributed by atoms with van der Waals surface area (Å²) < 4.78 is 15.6. The number of carbonyl (C=O) groups excluding carboxylic acids is 3. The zero-order valence-corrected chi connectivity index (χ0v) is 21.1. The molecule has 3 atom stereocenters. The first kappa shape index (κ1) is 25.5. The van der Waals surface area contributed by atoms with Gasteiger partial charge in [-0.2, -0.15) is 5.10 Å². The van der Waals surface area contributed by atoms with Crippen LogP contribution in [0.4, 0.5) is 4.39 Å². The molecule has 1 saturated heterocycles. The van der Waals surface area contributed by atoms with Gasteiger partial charge in [0.2, 0.25) is 5.91 Å². The second-order valence-electron chi connectivity index (χ2n) is 10.3. The molecule has 2 heterocycles. The highest BCUT2D eigenvalue weighted by atomic mass is 19.1. The van der Waals surface area contributed by atoms with Crippen LogP contribution < -0.4 is 5.32 Å². The van der Waals surface area contributed by atoms with E-state index in [-0.39, 0.29) is 53.5 Å². The molecule has 0 bridgehead atoms. The molecule has 0 unspecified atom stereocenters. The predicted molar refractivity (Wildman–Crippen MR) is 133 cm³/mol. The minimum atomic E-state index is -0.409. The molecule has 1 amide bonds. The van der Waals surface area contributed by atoms with Crippen molar-refractivity contribution in [3.05, 3.63) is 29.7 Å². The summed E-state index contributed by atoms with van der Waals surface area (Å²) in [5.74, 6) is -0.524. The number of hydrogen-bond donors (Lipinski definition) is 1. The number of Topliss-reactive ketones (excluding diaryl/α,β-unsaturated/α-hetero) is 2. The highest BCUT2D eigenvalue weighted by Crippen LogP contribution is 2.35. The van der Waals surface area contributed by atoms with Crippen LogP contribution >= 0.6 is 0 Å². The zero-order valence-electron chi connectivity index (χ0n) is 21.1. The lowest BCUT2D eigenvalue weighted by atomic mass is 9.76. The Morgan fingerprint density at radius 2 is 1.89 bits per heavy atom. The SMILES string of the molecule is CN[C@@H](C)C(=O)C[C@H](C(=O)N1CCC[C@H]1Cn1nc(C(C)=O)c2cc(F)ccc21)C1CCCCC1. The molecule has 1 aromatic carbocycles. The van der Waals surface area contributed by atoms with Crippen molar-refractivity contribution in [2.45, 2.75) is 83.8 Å². The summed E-state index contributed by atoms with van der Waals surface area (Å²) in [4.78, 5) is 40.9. The summed E-state index contributed by atoms with van der Waals surface area (Å²) >= 11 is 0. The van der Waals surface area contributed by atoms with E-state index in [2.05, 4.69) is 10.4 Å². The predicted octanol–water partition coefficient (Wildman–Crippen LogP) is 4.13. The number of rotatable bonds is 9. The van der Waals surface area contributed by atoms with Crippen molar-refractivity contribution in [1.29, 1.82) is 0 Å². The number of carbonyl (C=O) groups is 3. The zero-order chi connectivity index (χ0) is 25.1. The van der Waals surface area contributed by atoms with Crippen molar-refractivity contribution in [1.82, 2.24) is 20.0 Å². The van der Waals surface area contributed by atoms with Gasteiger partial charge in [-0.3, -0.25) is 19.1 Å². The molecule has 190 valence electrons. The number of hydrogen-bond acceptors (Lipinski definition) is 5. The first-order valence-corrected chi connectivity index (χ1v) is 13.0. The van der Waals surface area contributed by atoms with Crippen LogP contribution in [0.5, 0.6) is 0 Å². The lowest BCUT2D eigenvalue weighted by Gasteiger charge is -2.35. The lowest BCUT2D eigenvalue weighted by Crippen LogP contribution is -2.45. The molecule has 0 radical (unpaired) electrons. The van der Waals surface area contributed by atoms with E-state index in [4.69, 9.17) is 0 Å². The standard InChI is InChI=1S/C27H37FN4O3/c1-17(29-3)25(34)15-22(19-8-5-4-6-9-19)27(35)31-13-7-10-21(31)16-32-24-12-11-20(28)14-23(24)26(30-32)18(2)33/h11-12,14,17,19,21-22,29H,4-10,13,15-16H2,1-3H3/t17-,21-,22-/m0/s1. The molecule has 4 rings (SSSR count). The Kier molecular flexibility index (Phi) is 7.99. The van der Waals surface area contributed by atoms with Gasteiger partial charge in [-0.1, -0.05) is 19.3 Å². The topological polar surface area (TPSA) is 84.3 Å². The van der Waals surface area contributed by atoms with Crippen molar-refractivity contribution >= 4 is 28.4 Å². The van der Waals surface area contributed by atoms with Crippen LogP contribution in [0.3, 0.4) is 0 Å². The molecular weight excluding hydrogens is 447 g/mol. The van der Waals surface area contributed by atoms with Crippen LogP contribution in [0.1, 0.15) is 75.7 Å². The molecular formula is C27H37FN4O3. The monoisotopic (exact) mass is 484 g/mol. The van der Waals surface area contributed by atoms with Gasteiger partial charge in [0, 0.05) is 31.2 Å². The van der Waals surface area contributed by atoms with E-state index in [1.54, 1.807) is 17.8 Å². The van der Waals surface area contributed by atoms with Crippen LogP contribution in [0.15, 0.2) is 18.2 Å². The largest absolute Gasteiger partial charge is 0.338 e. The molecule has 1 aliphatic carbocycles. The number of likely N-dealkylation sites (tertiary alicyclic amines) is 1. The number of halogens is 1. The third-order valence-electron chi connectivity index (χ3n) is 7.96. The summed E-state index contributed by atoms with van der Waals surface area (Å²) in [6.45, 7) is 4.39. The number of nitrogens with zero attached hydrogens (tertiary/aromatic N) is 3. The fourth-order valence-corrected chi connectivity index (χ4v) is 5.83. The first-order valence-electron chi connectivity index (χ1n) is 13.0.